The lowest BCUT2D eigenvalue weighted by atomic mass is 10.1. The highest BCUT2D eigenvalue weighted by Gasteiger charge is 2.25. The molecule has 1 rings (SSSR count). The Balaban J connectivity index is 2.49. The van der Waals surface area contributed by atoms with Crippen molar-refractivity contribution in [3.05, 3.63) is 0 Å². The predicted octanol–water partition coefficient (Wildman–Crippen LogP) is 2.03. The highest BCUT2D eigenvalue weighted by Crippen LogP contribution is 2.14. The van der Waals surface area contributed by atoms with Crippen LogP contribution >= 0.6 is 0 Å². The van der Waals surface area contributed by atoms with Crippen molar-refractivity contribution in [1.82, 2.24) is 4.90 Å². The van der Waals surface area contributed by atoms with Crippen LogP contribution in [0.4, 0.5) is 0 Å². The minimum absolute atomic E-state index is 0.00426. The Morgan fingerprint density at radius 2 is 2.00 bits per heavy atom. The van der Waals surface area contributed by atoms with E-state index in [1.165, 1.54) is 0 Å². The van der Waals surface area contributed by atoms with Crippen molar-refractivity contribution in [2.24, 2.45) is 5.92 Å². The summed E-state index contributed by atoms with van der Waals surface area (Å²) in [5.41, 5.74) is 0. The molecule has 0 saturated carbocycles. The zero-order chi connectivity index (χ0) is 12.7. The van der Waals surface area contributed by atoms with Gasteiger partial charge in [-0.25, -0.2) is 0 Å². The van der Waals surface area contributed by atoms with Crippen molar-refractivity contribution < 1.29 is 14.3 Å². The van der Waals surface area contributed by atoms with Gasteiger partial charge in [-0.2, -0.15) is 0 Å². The van der Waals surface area contributed by atoms with E-state index in [1.807, 2.05) is 13.8 Å². The van der Waals surface area contributed by atoms with Crippen molar-refractivity contribution in [2.75, 3.05) is 26.3 Å². The van der Waals surface area contributed by atoms with Gasteiger partial charge in [-0.15, -0.1) is 0 Å². The first kappa shape index (κ1) is 14.5. The van der Waals surface area contributed by atoms with Gasteiger partial charge in [0.15, 0.2) is 6.23 Å². The molecule has 4 nitrogen and oxygen atoms in total. The second kappa shape index (κ2) is 7.67. The van der Waals surface area contributed by atoms with Crippen LogP contribution in [0.5, 0.6) is 0 Å². The molecule has 0 amide bonds. The zero-order valence-electron chi connectivity index (χ0n) is 11.3. The molecule has 100 valence electrons. The number of esters is 1. The highest BCUT2D eigenvalue weighted by molar-refractivity contribution is 5.72. The van der Waals surface area contributed by atoms with Gasteiger partial charge < -0.3 is 9.47 Å². The summed E-state index contributed by atoms with van der Waals surface area (Å²) in [5, 5.41) is 0. The maximum atomic E-state index is 11.8. The van der Waals surface area contributed by atoms with Gasteiger partial charge in [0.2, 0.25) is 0 Å². The topological polar surface area (TPSA) is 38.8 Å². The van der Waals surface area contributed by atoms with Crippen LogP contribution in [0.3, 0.4) is 0 Å². The molecule has 1 heterocycles. The number of morpholine rings is 1. The van der Waals surface area contributed by atoms with Crippen LogP contribution in [0, 0.1) is 5.92 Å². The molecule has 0 aromatic heterocycles. The average Bonchev–Trinajstić information content (AvgIpc) is 2.38. The number of carbonyl (C=O) groups is 1. The van der Waals surface area contributed by atoms with Gasteiger partial charge in [-0.1, -0.05) is 27.2 Å². The second-order valence-electron chi connectivity index (χ2n) is 4.64. The lowest BCUT2D eigenvalue weighted by Crippen LogP contribution is -2.46. The molecule has 1 aliphatic heterocycles. The Morgan fingerprint density at radius 1 is 1.35 bits per heavy atom. The van der Waals surface area contributed by atoms with Crippen molar-refractivity contribution in [2.45, 2.75) is 46.3 Å². The quantitative estimate of drug-likeness (QED) is 0.669. The Morgan fingerprint density at radius 3 is 2.53 bits per heavy atom. The monoisotopic (exact) mass is 243 g/mol. The summed E-state index contributed by atoms with van der Waals surface area (Å²) in [6.45, 7) is 9.24. The summed E-state index contributed by atoms with van der Waals surface area (Å²) >= 11 is 0. The van der Waals surface area contributed by atoms with E-state index < -0.39 is 0 Å². The Hall–Kier alpha value is -0.610. The minimum Gasteiger partial charge on any atom is -0.446 e. The summed E-state index contributed by atoms with van der Waals surface area (Å²) in [6, 6.07) is 0. The predicted molar refractivity (Wildman–Crippen MR) is 66.6 cm³/mol. The van der Waals surface area contributed by atoms with E-state index in [9.17, 15) is 4.79 Å². The van der Waals surface area contributed by atoms with E-state index in [-0.39, 0.29) is 18.1 Å². The van der Waals surface area contributed by atoms with Crippen LogP contribution in [0.1, 0.15) is 40.0 Å². The molecular weight excluding hydrogens is 218 g/mol. The fourth-order valence-electron chi connectivity index (χ4n) is 1.85. The van der Waals surface area contributed by atoms with Gasteiger partial charge in [0.1, 0.15) is 0 Å². The van der Waals surface area contributed by atoms with Gasteiger partial charge in [-0.05, 0) is 12.8 Å². The molecule has 1 fully saturated rings. The molecule has 4 heteroatoms. The minimum atomic E-state index is -0.0718. The van der Waals surface area contributed by atoms with Crippen LogP contribution in [0.2, 0.25) is 0 Å². The number of ether oxygens (including phenoxy) is 2. The smallest absolute Gasteiger partial charge is 0.310 e. The molecule has 1 aliphatic rings. The second-order valence-corrected chi connectivity index (χ2v) is 4.64. The Bertz CT molecular complexity index is 227. The summed E-state index contributed by atoms with van der Waals surface area (Å²) < 4.78 is 10.9. The number of rotatable bonds is 6. The first-order valence-corrected chi connectivity index (χ1v) is 6.71. The average molecular weight is 243 g/mol. The third-order valence-corrected chi connectivity index (χ3v) is 3.26. The third-order valence-electron chi connectivity index (χ3n) is 3.26. The van der Waals surface area contributed by atoms with E-state index in [0.29, 0.717) is 0 Å². The molecule has 0 aliphatic carbocycles. The molecule has 0 bridgehead atoms. The standard InChI is InChI=1S/C13H25NO3/c1-4-6-12(14-7-9-16-10-8-14)17-13(15)11(3)5-2/h11-12H,4-10H2,1-3H3. The summed E-state index contributed by atoms with van der Waals surface area (Å²) in [4.78, 5) is 14.0. The van der Waals surface area contributed by atoms with Crippen LogP contribution in [0.15, 0.2) is 0 Å². The van der Waals surface area contributed by atoms with E-state index in [4.69, 9.17) is 9.47 Å². The first-order chi connectivity index (χ1) is 8.19. The van der Waals surface area contributed by atoms with E-state index in [0.717, 1.165) is 45.6 Å². The number of nitrogens with zero attached hydrogens (tertiary/aromatic N) is 1. The SMILES string of the molecule is CCCC(OC(=O)C(C)CC)N1CCOCC1. The van der Waals surface area contributed by atoms with Crippen molar-refractivity contribution >= 4 is 5.97 Å². The summed E-state index contributed by atoms with van der Waals surface area (Å²) in [5.74, 6) is -0.0761. The van der Waals surface area contributed by atoms with Gasteiger partial charge in [0, 0.05) is 13.1 Å². The molecule has 0 radical (unpaired) electrons. The maximum Gasteiger partial charge on any atom is 0.310 e. The molecule has 0 aromatic carbocycles. The molecular formula is C13H25NO3. The van der Waals surface area contributed by atoms with Crippen molar-refractivity contribution in [3.8, 4) is 0 Å². The molecule has 1 saturated heterocycles. The first-order valence-electron chi connectivity index (χ1n) is 6.71. The largest absolute Gasteiger partial charge is 0.446 e. The van der Waals surface area contributed by atoms with E-state index >= 15 is 0 Å². The highest BCUT2D eigenvalue weighted by atomic mass is 16.6. The molecule has 2 atom stereocenters. The summed E-state index contributed by atoms with van der Waals surface area (Å²) in [6.07, 6.45) is 2.70. The van der Waals surface area contributed by atoms with Crippen molar-refractivity contribution in [3.63, 3.8) is 0 Å². The molecule has 0 N–H and O–H groups in total. The number of hydrogen-bond acceptors (Lipinski definition) is 4. The number of hydrogen-bond donors (Lipinski definition) is 0. The van der Waals surface area contributed by atoms with Gasteiger partial charge in [-0.3, -0.25) is 9.69 Å². The van der Waals surface area contributed by atoms with E-state index in [1.54, 1.807) is 0 Å². The number of carbonyl (C=O) groups excluding carboxylic acids is 1. The molecule has 0 spiro atoms. The van der Waals surface area contributed by atoms with Crippen LogP contribution in [-0.4, -0.2) is 43.4 Å². The van der Waals surface area contributed by atoms with Crippen molar-refractivity contribution in [1.29, 1.82) is 0 Å². The van der Waals surface area contributed by atoms with Crippen LogP contribution < -0.4 is 0 Å². The molecule has 2 unspecified atom stereocenters. The lowest BCUT2D eigenvalue weighted by molar-refractivity contribution is -0.168. The van der Waals surface area contributed by atoms with Gasteiger partial charge in [0.05, 0.1) is 19.1 Å². The fourth-order valence-corrected chi connectivity index (χ4v) is 1.85. The van der Waals surface area contributed by atoms with Gasteiger partial charge in [0.25, 0.3) is 0 Å². The Labute approximate surface area is 104 Å². The van der Waals surface area contributed by atoms with E-state index in [2.05, 4.69) is 11.8 Å². The fraction of sp³-hybridized carbons (Fsp3) is 0.923. The van der Waals surface area contributed by atoms with Crippen LogP contribution in [0.25, 0.3) is 0 Å². The summed E-state index contributed by atoms with van der Waals surface area (Å²) in [7, 11) is 0. The molecule has 0 aromatic rings. The molecule has 17 heavy (non-hydrogen) atoms. The van der Waals surface area contributed by atoms with Gasteiger partial charge >= 0.3 is 5.97 Å². The third kappa shape index (κ3) is 4.64. The Kier molecular flexibility index (Phi) is 6.52. The maximum absolute atomic E-state index is 11.8. The van der Waals surface area contributed by atoms with Crippen LogP contribution in [-0.2, 0) is 14.3 Å². The normalized spacial score (nSPS) is 20.9. The zero-order valence-corrected chi connectivity index (χ0v) is 11.3. The lowest BCUT2D eigenvalue weighted by Gasteiger charge is -2.34.